The highest BCUT2D eigenvalue weighted by molar-refractivity contribution is 5.78. The smallest absolute Gasteiger partial charge is 0.134 e. The quantitative estimate of drug-likeness (QED) is 0.897. The molecular weight excluding hydrogens is 250 g/mol. The van der Waals surface area contributed by atoms with E-state index in [2.05, 4.69) is 32.0 Å². The van der Waals surface area contributed by atoms with E-state index in [0.717, 1.165) is 42.6 Å². The maximum atomic E-state index is 6.29. The fourth-order valence-corrected chi connectivity index (χ4v) is 3.08. The van der Waals surface area contributed by atoms with Gasteiger partial charge in [-0.05, 0) is 57.2 Å². The van der Waals surface area contributed by atoms with Crippen LogP contribution in [0.4, 0.5) is 0 Å². The summed E-state index contributed by atoms with van der Waals surface area (Å²) in [5, 5.41) is 1.15. The van der Waals surface area contributed by atoms with E-state index in [4.69, 9.17) is 14.9 Å². The molecule has 1 aliphatic carbocycles. The first kappa shape index (κ1) is 13.7. The van der Waals surface area contributed by atoms with Gasteiger partial charge in [0.15, 0.2) is 0 Å². The molecule has 1 saturated carbocycles. The predicted molar refractivity (Wildman–Crippen MR) is 80.6 cm³/mol. The molecule has 1 unspecified atom stereocenters. The van der Waals surface area contributed by atoms with Crippen molar-refractivity contribution < 1.29 is 9.15 Å². The molecule has 2 N–H and O–H groups in total. The summed E-state index contributed by atoms with van der Waals surface area (Å²) in [5.74, 6) is 1.59. The third kappa shape index (κ3) is 2.74. The van der Waals surface area contributed by atoms with Crippen molar-refractivity contribution in [3.63, 3.8) is 0 Å². The zero-order chi connectivity index (χ0) is 14.1. The molecule has 0 bridgehead atoms. The molecule has 3 nitrogen and oxygen atoms in total. The molecule has 0 aliphatic heterocycles. The second kappa shape index (κ2) is 5.58. The van der Waals surface area contributed by atoms with Gasteiger partial charge in [0, 0.05) is 12.0 Å². The molecule has 1 atom stereocenters. The first-order valence-corrected chi connectivity index (χ1v) is 7.53. The standard InChI is InChI=1S/C17H23NO2/c1-3-19-14-7-12(8-14)9-15(18)17-10-13-6-11(2)4-5-16(13)20-17/h4-6,10,12,14-15H,3,7-9,18H2,1-2H3. The third-order valence-corrected chi connectivity index (χ3v) is 4.24. The monoisotopic (exact) mass is 273 g/mol. The largest absolute Gasteiger partial charge is 0.459 e. The summed E-state index contributed by atoms with van der Waals surface area (Å²) in [6, 6.07) is 8.32. The van der Waals surface area contributed by atoms with E-state index >= 15 is 0 Å². The molecule has 0 amide bonds. The van der Waals surface area contributed by atoms with E-state index in [9.17, 15) is 0 Å². The fourth-order valence-electron chi connectivity index (χ4n) is 3.08. The van der Waals surface area contributed by atoms with Gasteiger partial charge >= 0.3 is 0 Å². The molecule has 0 saturated heterocycles. The predicted octanol–water partition coefficient (Wildman–Crippen LogP) is 3.95. The normalized spacial score (nSPS) is 23.8. The van der Waals surface area contributed by atoms with Gasteiger partial charge in [-0.3, -0.25) is 0 Å². The zero-order valence-corrected chi connectivity index (χ0v) is 12.3. The van der Waals surface area contributed by atoms with Crippen molar-refractivity contribution in [2.45, 2.75) is 45.3 Å². The summed E-state index contributed by atoms with van der Waals surface area (Å²) in [6.45, 7) is 4.95. The minimum Gasteiger partial charge on any atom is -0.459 e. The zero-order valence-electron chi connectivity index (χ0n) is 12.3. The molecule has 1 heterocycles. The second-order valence-corrected chi connectivity index (χ2v) is 5.95. The lowest BCUT2D eigenvalue weighted by atomic mass is 9.78. The van der Waals surface area contributed by atoms with Gasteiger partial charge < -0.3 is 14.9 Å². The number of benzene rings is 1. The summed E-state index contributed by atoms with van der Waals surface area (Å²) < 4.78 is 11.5. The SMILES string of the molecule is CCOC1CC(CC(N)c2cc3cc(C)ccc3o2)C1. The van der Waals surface area contributed by atoms with Crippen LogP contribution in [-0.4, -0.2) is 12.7 Å². The van der Waals surface area contributed by atoms with Crippen LogP contribution in [0.3, 0.4) is 0 Å². The van der Waals surface area contributed by atoms with Gasteiger partial charge in [-0.25, -0.2) is 0 Å². The summed E-state index contributed by atoms with van der Waals surface area (Å²) in [7, 11) is 0. The van der Waals surface area contributed by atoms with E-state index in [-0.39, 0.29) is 6.04 Å². The van der Waals surface area contributed by atoms with E-state index in [1.54, 1.807) is 0 Å². The Morgan fingerprint density at radius 3 is 2.90 bits per heavy atom. The van der Waals surface area contributed by atoms with Gasteiger partial charge in [-0.15, -0.1) is 0 Å². The Labute approximate surface area is 120 Å². The molecular formula is C17H23NO2. The Morgan fingerprint density at radius 2 is 2.15 bits per heavy atom. The second-order valence-electron chi connectivity index (χ2n) is 5.95. The average Bonchev–Trinajstić information content (AvgIpc) is 2.79. The van der Waals surface area contributed by atoms with Crippen molar-refractivity contribution in [2.24, 2.45) is 11.7 Å². The van der Waals surface area contributed by atoms with Crippen LogP contribution >= 0.6 is 0 Å². The number of nitrogens with two attached hydrogens (primary N) is 1. The Morgan fingerprint density at radius 1 is 1.35 bits per heavy atom. The van der Waals surface area contributed by atoms with Crippen LogP contribution < -0.4 is 5.73 Å². The van der Waals surface area contributed by atoms with Gasteiger partial charge in [-0.2, -0.15) is 0 Å². The summed E-state index contributed by atoms with van der Waals surface area (Å²) in [5.41, 5.74) is 8.47. The summed E-state index contributed by atoms with van der Waals surface area (Å²) >= 11 is 0. The molecule has 0 radical (unpaired) electrons. The van der Waals surface area contributed by atoms with Gasteiger partial charge in [-0.1, -0.05) is 11.6 Å². The van der Waals surface area contributed by atoms with Crippen LogP contribution in [0, 0.1) is 12.8 Å². The lowest BCUT2D eigenvalue weighted by Gasteiger charge is -2.36. The van der Waals surface area contributed by atoms with Gasteiger partial charge in [0.2, 0.25) is 0 Å². The van der Waals surface area contributed by atoms with Crippen molar-refractivity contribution in [1.29, 1.82) is 0 Å². The Bertz CT molecular complexity index is 584. The van der Waals surface area contributed by atoms with Crippen molar-refractivity contribution in [3.8, 4) is 0 Å². The highest BCUT2D eigenvalue weighted by Gasteiger charge is 2.31. The van der Waals surface area contributed by atoms with E-state index < -0.39 is 0 Å². The van der Waals surface area contributed by atoms with Crippen molar-refractivity contribution in [3.05, 3.63) is 35.6 Å². The molecule has 3 heteroatoms. The van der Waals surface area contributed by atoms with Crippen LogP contribution in [0.1, 0.15) is 43.6 Å². The van der Waals surface area contributed by atoms with E-state index in [1.807, 2.05) is 6.07 Å². The minimum absolute atomic E-state index is 0.00437. The number of rotatable bonds is 5. The third-order valence-electron chi connectivity index (χ3n) is 4.24. The van der Waals surface area contributed by atoms with Crippen LogP contribution in [0.2, 0.25) is 0 Å². The van der Waals surface area contributed by atoms with Crippen LogP contribution in [-0.2, 0) is 4.74 Å². The number of ether oxygens (including phenoxy) is 1. The molecule has 1 aromatic carbocycles. The molecule has 0 spiro atoms. The van der Waals surface area contributed by atoms with Gasteiger partial charge in [0.05, 0.1) is 12.1 Å². The highest BCUT2D eigenvalue weighted by atomic mass is 16.5. The molecule has 1 aliphatic rings. The number of aryl methyl sites for hydroxylation is 1. The molecule has 3 rings (SSSR count). The van der Waals surface area contributed by atoms with Crippen molar-refractivity contribution in [1.82, 2.24) is 0 Å². The molecule has 108 valence electrons. The van der Waals surface area contributed by atoms with Crippen LogP contribution in [0.25, 0.3) is 11.0 Å². The van der Waals surface area contributed by atoms with Gasteiger partial charge in [0.25, 0.3) is 0 Å². The number of furan rings is 1. The Kier molecular flexibility index (Phi) is 3.81. The highest BCUT2D eigenvalue weighted by Crippen LogP contribution is 2.37. The Balaban J connectivity index is 1.63. The molecule has 2 aromatic rings. The lowest BCUT2D eigenvalue weighted by Crippen LogP contribution is -2.33. The number of hydrogen-bond acceptors (Lipinski definition) is 3. The van der Waals surface area contributed by atoms with E-state index in [1.165, 1.54) is 5.56 Å². The fraction of sp³-hybridized carbons (Fsp3) is 0.529. The Hall–Kier alpha value is -1.32. The maximum Gasteiger partial charge on any atom is 0.134 e. The molecule has 1 aromatic heterocycles. The summed E-state index contributed by atoms with van der Waals surface area (Å²) in [4.78, 5) is 0. The first-order chi connectivity index (χ1) is 9.65. The topological polar surface area (TPSA) is 48.4 Å². The van der Waals surface area contributed by atoms with E-state index in [0.29, 0.717) is 12.0 Å². The first-order valence-electron chi connectivity index (χ1n) is 7.53. The van der Waals surface area contributed by atoms with Crippen molar-refractivity contribution in [2.75, 3.05) is 6.61 Å². The van der Waals surface area contributed by atoms with Crippen molar-refractivity contribution >= 4 is 11.0 Å². The maximum absolute atomic E-state index is 6.29. The van der Waals surface area contributed by atoms with Gasteiger partial charge in [0.1, 0.15) is 11.3 Å². The van der Waals surface area contributed by atoms with Crippen LogP contribution in [0.5, 0.6) is 0 Å². The summed E-state index contributed by atoms with van der Waals surface area (Å²) in [6.07, 6.45) is 3.72. The number of hydrogen-bond donors (Lipinski definition) is 1. The molecule has 1 fully saturated rings. The van der Waals surface area contributed by atoms with Crippen LogP contribution in [0.15, 0.2) is 28.7 Å². The lowest BCUT2D eigenvalue weighted by molar-refractivity contribution is -0.0286. The molecule has 20 heavy (non-hydrogen) atoms. The minimum atomic E-state index is -0.00437. The average molecular weight is 273 g/mol. The number of fused-ring (bicyclic) bond motifs is 1.